The second-order valence-electron chi connectivity index (χ2n) is 6.03. The van der Waals surface area contributed by atoms with Crippen LogP contribution in [0.25, 0.3) is 33.3 Å². The van der Waals surface area contributed by atoms with E-state index in [0.717, 1.165) is 44.4 Å². The van der Waals surface area contributed by atoms with Crippen molar-refractivity contribution in [2.24, 2.45) is 0 Å². The molecule has 4 aromatic rings. The molecule has 0 radical (unpaired) electrons. The molecule has 0 unspecified atom stereocenters. The first kappa shape index (κ1) is 13.2. The van der Waals surface area contributed by atoms with Crippen LogP contribution in [0.2, 0.25) is 0 Å². The van der Waals surface area contributed by atoms with Crippen molar-refractivity contribution < 1.29 is 4.79 Å². The normalized spacial score (nSPS) is 12.2. The Labute approximate surface area is 139 Å². The number of pyridine rings is 1. The van der Waals surface area contributed by atoms with Crippen LogP contribution in [-0.2, 0) is 0 Å². The summed E-state index contributed by atoms with van der Waals surface area (Å²) >= 11 is 0. The summed E-state index contributed by atoms with van der Waals surface area (Å²) < 4.78 is 0. The predicted octanol–water partition coefficient (Wildman–Crippen LogP) is 5.11. The molecular weight excluding hydrogens is 294 g/mol. The van der Waals surface area contributed by atoms with Crippen LogP contribution in [0, 0.1) is 0 Å². The lowest BCUT2D eigenvalue weighted by Gasteiger charge is -2.06. The van der Waals surface area contributed by atoms with E-state index in [4.69, 9.17) is 4.98 Å². The van der Waals surface area contributed by atoms with Crippen molar-refractivity contribution in [1.29, 1.82) is 0 Å². The Morgan fingerprint density at radius 1 is 0.625 bits per heavy atom. The van der Waals surface area contributed by atoms with E-state index in [1.54, 1.807) is 0 Å². The van der Waals surface area contributed by atoms with E-state index in [-0.39, 0.29) is 5.78 Å². The smallest absolute Gasteiger partial charge is 0.194 e. The highest BCUT2D eigenvalue weighted by molar-refractivity contribution is 6.23. The van der Waals surface area contributed by atoms with Gasteiger partial charge in [-0.2, -0.15) is 0 Å². The quantitative estimate of drug-likeness (QED) is 0.430. The van der Waals surface area contributed by atoms with E-state index >= 15 is 0 Å². The average Bonchev–Trinajstić information content (AvgIpc) is 2.93. The first-order valence-corrected chi connectivity index (χ1v) is 7.95. The van der Waals surface area contributed by atoms with Crippen molar-refractivity contribution in [3.05, 3.63) is 90.0 Å². The van der Waals surface area contributed by atoms with Crippen LogP contribution in [0.15, 0.2) is 78.9 Å². The first-order chi connectivity index (χ1) is 11.8. The largest absolute Gasteiger partial charge is 0.289 e. The van der Waals surface area contributed by atoms with Gasteiger partial charge in [-0.3, -0.25) is 4.79 Å². The molecule has 2 nitrogen and oxygen atoms in total. The second-order valence-corrected chi connectivity index (χ2v) is 6.03. The molecular formula is C22H13NO. The Hall–Kier alpha value is -3.26. The van der Waals surface area contributed by atoms with E-state index < -0.39 is 0 Å². The van der Waals surface area contributed by atoms with Crippen LogP contribution in [0.5, 0.6) is 0 Å². The summed E-state index contributed by atoms with van der Waals surface area (Å²) in [6, 6.07) is 26.0. The minimum Gasteiger partial charge on any atom is -0.289 e. The van der Waals surface area contributed by atoms with Crippen LogP contribution < -0.4 is 0 Å². The standard InChI is InChI=1S/C22H13NO/c24-22-17-9-5-4-8-16(17)18-12-15-10-11-20(14-6-2-1-3-7-14)23-21(15)13-19(18)22/h1-13H. The minimum atomic E-state index is 0.0921. The number of benzene rings is 3. The average molecular weight is 307 g/mol. The summed E-state index contributed by atoms with van der Waals surface area (Å²) in [5.74, 6) is 0.0921. The van der Waals surface area contributed by atoms with Crippen LogP contribution >= 0.6 is 0 Å². The zero-order valence-electron chi connectivity index (χ0n) is 12.9. The van der Waals surface area contributed by atoms with Gasteiger partial charge >= 0.3 is 0 Å². The van der Waals surface area contributed by atoms with E-state index in [2.05, 4.69) is 12.1 Å². The highest BCUT2D eigenvalue weighted by atomic mass is 16.1. The molecule has 0 bridgehead atoms. The third-order valence-corrected chi connectivity index (χ3v) is 4.60. The molecule has 0 fully saturated rings. The van der Waals surface area contributed by atoms with Gasteiger partial charge in [-0.05, 0) is 29.3 Å². The number of carbonyl (C=O) groups excluding carboxylic acids is 1. The van der Waals surface area contributed by atoms with Gasteiger partial charge in [0.1, 0.15) is 0 Å². The molecule has 5 rings (SSSR count). The van der Waals surface area contributed by atoms with E-state index in [9.17, 15) is 4.79 Å². The fraction of sp³-hybridized carbons (Fsp3) is 0. The molecule has 24 heavy (non-hydrogen) atoms. The van der Waals surface area contributed by atoms with Crippen molar-refractivity contribution in [2.75, 3.05) is 0 Å². The van der Waals surface area contributed by atoms with Gasteiger partial charge in [-0.15, -0.1) is 0 Å². The number of fused-ring (bicyclic) bond motifs is 4. The highest BCUT2D eigenvalue weighted by Crippen LogP contribution is 2.38. The third-order valence-electron chi connectivity index (χ3n) is 4.60. The Morgan fingerprint density at radius 3 is 2.21 bits per heavy atom. The SMILES string of the molecule is O=C1c2ccccc2-c2cc3ccc(-c4ccccc4)nc3cc21. The Kier molecular flexibility index (Phi) is 2.68. The Bertz CT molecular complexity index is 1110. The maximum absolute atomic E-state index is 12.7. The lowest BCUT2D eigenvalue weighted by molar-refractivity contribution is 0.104. The monoisotopic (exact) mass is 307 g/mol. The summed E-state index contributed by atoms with van der Waals surface area (Å²) in [5.41, 5.74) is 6.42. The Morgan fingerprint density at radius 2 is 1.38 bits per heavy atom. The zero-order valence-corrected chi connectivity index (χ0v) is 12.9. The molecule has 1 aliphatic carbocycles. The number of carbonyl (C=O) groups is 1. The molecule has 0 spiro atoms. The van der Waals surface area contributed by atoms with Gasteiger partial charge in [0.05, 0.1) is 11.2 Å². The maximum atomic E-state index is 12.7. The molecule has 0 atom stereocenters. The fourth-order valence-corrected chi connectivity index (χ4v) is 3.41. The van der Waals surface area contributed by atoms with Crippen molar-refractivity contribution in [3.8, 4) is 22.4 Å². The zero-order chi connectivity index (χ0) is 16.1. The summed E-state index contributed by atoms with van der Waals surface area (Å²) in [6.45, 7) is 0. The molecule has 1 aliphatic rings. The van der Waals surface area contributed by atoms with E-state index in [1.807, 2.05) is 66.7 Å². The van der Waals surface area contributed by atoms with Gasteiger partial charge in [-0.25, -0.2) is 4.98 Å². The van der Waals surface area contributed by atoms with Crippen molar-refractivity contribution in [1.82, 2.24) is 4.98 Å². The maximum Gasteiger partial charge on any atom is 0.194 e. The fourth-order valence-electron chi connectivity index (χ4n) is 3.41. The van der Waals surface area contributed by atoms with Crippen molar-refractivity contribution in [2.45, 2.75) is 0 Å². The summed E-state index contributed by atoms with van der Waals surface area (Å²) in [6.07, 6.45) is 0. The van der Waals surface area contributed by atoms with Crippen molar-refractivity contribution in [3.63, 3.8) is 0 Å². The van der Waals surface area contributed by atoms with Gasteiger partial charge in [0.25, 0.3) is 0 Å². The van der Waals surface area contributed by atoms with Gasteiger partial charge in [0.15, 0.2) is 5.78 Å². The topological polar surface area (TPSA) is 30.0 Å². The number of hydrogen-bond donors (Lipinski definition) is 0. The van der Waals surface area contributed by atoms with E-state index in [0.29, 0.717) is 0 Å². The van der Waals surface area contributed by atoms with Crippen LogP contribution in [0.4, 0.5) is 0 Å². The number of rotatable bonds is 1. The lowest BCUT2D eigenvalue weighted by Crippen LogP contribution is -1.95. The molecule has 1 heterocycles. The van der Waals surface area contributed by atoms with Gasteiger partial charge < -0.3 is 0 Å². The molecule has 2 heteroatoms. The molecule has 0 amide bonds. The molecule has 0 saturated heterocycles. The van der Waals surface area contributed by atoms with Crippen LogP contribution in [-0.4, -0.2) is 10.8 Å². The minimum absolute atomic E-state index is 0.0921. The molecule has 0 saturated carbocycles. The predicted molar refractivity (Wildman–Crippen MR) is 96.0 cm³/mol. The molecule has 1 aromatic heterocycles. The van der Waals surface area contributed by atoms with E-state index in [1.165, 1.54) is 0 Å². The molecule has 3 aromatic carbocycles. The summed E-state index contributed by atoms with van der Waals surface area (Å²) in [7, 11) is 0. The molecule has 112 valence electrons. The van der Waals surface area contributed by atoms with Gasteiger partial charge in [0, 0.05) is 22.1 Å². The van der Waals surface area contributed by atoms with Crippen molar-refractivity contribution >= 4 is 16.7 Å². The second kappa shape index (κ2) is 4.87. The Balaban J connectivity index is 1.74. The molecule has 0 N–H and O–H groups in total. The highest BCUT2D eigenvalue weighted by Gasteiger charge is 2.26. The lowest BCUT2D eigenvalue weighted by atomic mass is 10.0. The summed E-state index contributed by atoms with van der Waals surface area (Å²) in [5, 5.41) is 1.05. The van der Waals surface area contributed by atoms with Crippen LogP contribution in [0.1, 0.15) is 15.9 Å². The third kappa shape index (κ3) is 1.83. The summed E-state index contributed by atoms with van der Waals surface area (Å²) in [4.78, 5) is 17.4. The first-order valence-electron chi connectivity index (χ1n) is 7.95. The number of ketones is 1. The van der Waals surface area contributed by atoms with Crippen LogP contribution in [0.3, 0.4) is 0 Å². The number of aromatic nitrogens is 1. The number of nitrogens with zero attached hydrogens (tertiary/aromatic N) is 1. The molecule has 0 aliphatic heterocycles. The van der Waals surface area contributed by atoms with Gasteiger partial charge in [-0.1, -0.05) is 60.7 Å². The van der Waals surface area contributed by atoms with Gasteiger partial charge in [0.2, 0.25) is 0 Å². The number of hydrogen-bond acceptors (Lipinski definition) is 2.